The van der Waals surface area contributed by atoms with E-state index in [-0.39, 0.29) is 0 Å². The molecule has 6 aromatic carbocycles. The molecule has 7 heterocycles. The predicted octanol–water partition coefficient (Wildman–Crippen LogP) is 14.9. The van der Waals surface area contributed by atoms with Gasteiger partial charge in [-0.2, -0.15) is 0 Å². The molecule has 0 radical (unpaired) electrons. The second-order valence-corrected chi connectivity index (χ2v) is 26.4. The number of para-hydroxylation sites is 4. The van der Waals surface area contributed by atoms with Gasteiger partial charge in [-0.1, -0.05) is 111 Å². The van der Waals surface area contributed by atoms with Crippen molar-refractivity contribution in [3.05, 3.63) is 146 Å². The Morgan fingerprint density at radius 1 is 0.280 bits per heavy atom. The van der Waals surface area contributed by atoms with Crippen LogP contribution in [0.1, 0.15) is 109 Å². The molecular formula is C69H74N6. The Hall–Kier alpha value is -5.56. The van der Waals surface area contributed by atoms with Crippen molar-refractivity contribution in [2.24, 2.45) is 35.5 Å². The third kappa shape index (κ3) is 6.22. The molecule has 0 N–H and O–H groups in total. The summed E-state index contributed by atoms with van der Waals surface area (Å²) in [5.41, 5.74) is 10.9. The van der Waals surface area contributed by atoms with Gasteiger partial charge in [0, 0.05) is 105 Å². The van der Waals surface area contributed by atoms with Crippen LogP contribution in [0.5, 0.6) is 0 Å². The number of hydrogen-bond acceptors (Lipinski definition) is 4. The van der Waals surface area contributed by atoms with Gasteiger partial charge in [-0.15, -0.1) is 0 Å². The van der Waals surface area contributed by atoms with Crippen molar-refractivity contribution >= 4 is 55.0 Å². The van der Waals surface area contributed by atoms with Crippen molar-refractivity contribution in [1.82, 2.24) is 18.9 Å². The van der Waals surface area contributed by atoms with E-state index < -0.39 is 0 Å². The van der Waals surface area contributed by atoms with Gasteiger partial charge in [-0.05, 0) is 180 Å². The van der Waals surface area contributed by atoms with E-state index >= 15 is 0 Å². The summed E-state index contributed by atoms with van der Waals surface area (Å²) in [5, 5.41) is 5.40. The monoisotopic (exact) mass is 987 g/mol. The molecule has 6 nitrogen and oxygen atoms in total. The molecule has 16 atom stereocenters. The average molecular weight is 987 g/mol. The maximum atomic E-state index is 3.44. The number of anilines is 2. The highest BCUT2D eigenvalue weighted by molar-refractivity contribution is 6.10. The van der Waals surface area contributed by atoms with Crippen molar-refractivity contribution in [2.45, 2.75) is 170 Å². The van der Waals surface area contributed by atoms with Crippen LogP contribution in [0.25, 0.3) is 55.0 Å². The molecule has 380 valence electrons. The molecule has 5 saturated heterocycles. The summed E-state index contributed by atoms with van der Waals surface area (Å²) in [4.78, 5) is 13.3. The maximum Gasteiger partial charge on any atom is 0.0541 e. The van der Waals surface area contributed by atoms with Crippen LogP contribution >= 0.6 is 0 Å². The Kier molecular flexibility index (Phi) is 9.56. The molecule has 8 aromatic rings. The fourth-order valence-corrected chi connectivity index (χ4v) is 21.0. The first-order valence-corrected chi connectivity index (χ1v) is 30.5. The number of hydrogen-bond donors (Lipinski definition) is 0. The van der Waals surface area contributed by atoms with Crippen LogP contribution in [0.2, 0.25) is 0 Å². The summed E-state index contributed by atoms with van der Waals surface area (Å²) < 4.78 is 5.18. The van der Waals surface area contributed by atoms with Crippen molar-refractivity contribution in [1.29, 1.82) is 0 Å². The molecule has 16 unspecified atom stereocenters. The van der Waals surface area contributed by atoms with Crippen LogP contribution in [0, 0.1) is 35.5 Å². The Balaban J connectivity index is 0.837. The van der Waals surface area contributed by atoms with Crippen molar-refractivity contribution in [3.63, 3.8) is 0 Å². The van der Waals surface area contributed by atoms with Crippen LogP contribution in [0.4, 0.5) is 11.4 Å². The van der Waals surface area contributed by atoms with Gasteiger partial charge in [-0.3, -0.25) is 9.80 Å². The predicted molar refractivity (Wildman–Crippen MR) is 308 cm³/mol. The zero-order valence-corrected chi connectivity index (χ0v) is 43.8. The summed E-state index contributed by atoms with van der Waals surface area (Å²) in [6.45, 7) is 0. The van der Waals surface area contributed by atoms with Crippen LogP contribution < -0.4 is 9.80 Å². The molecule has 10 aliphatic rings. The van der Waals surface area contributed by atoms with E-state index in [1.54, 1.807) is 0 Å². The Labute approximate surface area is 443 Å². The van der Waals surface area contributed by atoms with Gasteiger partial charge in [0.25, 0.3) is 0 Å². The summed E-state index contributed by atoms with van der Waals surface area (Å²) in [7, 11) is 0. The van der Waals surface area contributed by atoms with E-state index in [4.69, 9.17) is 0 Å². The fraction of sp³-hybridized carbons (Fsp3) is 0.478. The highest BCUT2D eigenvalue weighted by atomic mass is 15.4. The minimum atomic E-state index is 0.459. The second kappa shape index (κ2) is 16.5. The van der Waals surface area contributed by atoms with Crippen LogP contribution in [0.15, 0.2) is 146 Å². The molecule has 10 fully saturated rings. The standard InChI is InChI=1S/C69H74N6/c1-5-23-56-52(19-1)53-20-2-6-24-57(53)70(56)48-15-11-17-50(38-48)72-60-27-9-13-46-36-44-31-29-42-33-43-30-32-45-37-47-14-10-28-61-69(47)75(63(45)35-43)67-41-66(74(68(46)60)62(44)34-42)64(72)40-65(67)73(61)51-18-12-16-49(39-51)71-58-25-7-3-21-54(58)55-22-4-8-26-59(55)71/h1-8,11-12,15-26,38-39,42-47,60-69H,9-10,13-14,27-37,40-41H2. The molecule has 0 spiro atoms. The number of rotatable bonds is 4. The van der Waals surface area contributed by atoms with Gasteiger partial charge in [0.05, 0.1) is 22.1 Å². The van der Waals surface area contributed by atoms with Crippen molar-refractivity contribution in [2.75, 3.05) is 9.80 Å². The van der Waals surface area contributed by atoms with Crippen LogP contribution in [-0.2, 0) is 0 Å². The molecule has 5 aliphatic carbocycles. The van der Waals surface area contributed by atoms with E-state index in [1.165, 1.54) is 176 Å². The largest absolute Gasteiger partial charge is 0.362 e. The summed E-state index contributed by atoms with van der Waals surface area (Å²) in [5.74, 6) is 5.21. The third-order valence-electron chi connectivity index (χ3n) is 23.3. The quantitative estimate of drug-likeness (QED) is 0.175. The lowest BCUT2D eigenvalue weighted by Crippen LogP contribution is -2.83. The minimum absolute atomic E-state index is 0.459. The van der Waals surface area contributed by atoms with E-state index in [1.807, 2.05) is 0 Å². The second-order valence-electron chi connectivity index (χ2n) is 26.4. The normalized spacial score (nSPS) is 36.8. The molecule has 18 rings (SSSR count). The fourth-order valence-electron chi connectivity index (χ4n) is 21.0. The first-order chi connectivity index (χ1) is 37.2. The lowest BCUT2D eigenvalue weighted by Gasteiger charge is -2.72. The molecule has 2 aromatic heterocycles. The SMILES string of the molecule is c1cc(N2C3CC4C5CC3N3C6CC(CCC6CC6CCCC2C63)CC2CCC3CC6CCCC(C6N5C3C2)N4c2cccc(-n3c4ccccc4c4ccccc43)c2)cc(-n2c3ccccc3c3ccccc32)c1. The van der Waals surface area contributed by atoms with Gasteiger partial charge in [0.2, 0.25) is 0 Å². The molecule has 6 bridgehead atoms. The smallest absolute Gasteiger partial charge is 0.0541 e. The number of piperazine rings is 2. The van der Waals surface area contributed by atoms with Gasteiger partial charge in [0.15, 0.2) is 0 Å². The summed E-state index contributed by atoms with van der Waals surface area (Å²) in [6.07, 6.45) is 24.2. The van der Waals surface area contributed by atoms with E-state index in [0.29, 0.717) is 48.3 Å². The Morgan fingerprint density at radius 2 is 0.680 bits per heavy atom. The Morgan fingerprint density at radius 3 is 1.12 bits per heavy atom. The van der Waals surface area contributed by atoms with Gasteiger partial charge in [-0.25, -0.2) is 0 Å². The number of aromatic nitrogens is 2. The first kappa shape index (κ1) is 43.5. The topological polar surface area (TPSA) is 22.8 Å². The number of fused-ring (bicyclic) bond motifs is 8. The average Bonchev–Trinajstić information content (AvgIpc) is 4.05. The van der Waals surface area contributed by atoms with Crippen molar-refractivity contribution < 1.29 is 0 Å². The van der Waals surface area contributed by atoms with Crippen molar-refractivity contribution in [3.8, 4) is 11.4 Å². The lowest BCUT2D eigenvalue weighted by atomic mass is 9.57. The molecule has 0 amide bonds. The molecule has 5 aliphatic heterocycles. The van der Waals surface area contributed by atoms with Gasteiger partial charge >= 0.3 is 0 Å². The zero-order chi connectivity index (χ0) is 48.6. The lowest BCUT2D eigenvalue weighted by molar-refractivity contribution is -0.158. The maximum absolute atomic E-state index is 3.44. The first-order valence-electron chi connectivity index (χ1n) is 30.5. The highest BCUT2D eigenvalue weighted by Gasteiger charge is 2.65. The van der Waals surface area contributed by atoms with Gasteiger partial charge in [0.1, 0.15) is 0 Å². The number of piperidine rings is 2. The van der Waals surface area contributed by atoms with Gasteiger partial charge < -0.3 is 18.9 Å². The molecule has 6 heteroatoms. The Bertz CT molecular complexity index is 3210. The van der Waals surface area contributed by atoms with E-state index in [0.717, 1.165) is 47.6 Å². The van der Waals surface area contributed by atoms with Crippen LogP contribution in [-0.4, -0.2) is 79.4 Å². The molecule has 5 saturated carbocycles. The summed E-state index contributed by atoms with van der Waals surface area (Å²) >= 11 is 0. The minimum Gasteiger partial charge on any atom is -0.362 e. The third-order valence-corrected chi connectivity index (χ3v) is 23.3. The highest BCUT2D eigenvalue weighted by Crippen LogP contribution is 2.60. The van der Waals surface area contributed by atoms with E-state index in [9.17, 15) is 0 Å². The molecule has 75 heavy (non-hydrogen) atoms. The number of nitrogens with zero attached hydrogens (tertiary/aromatic N) is 6. The summed E-state index contributed by atoms with van der Waals surface area (Å²) in [6, 6.07) is 62.7. The molecular weight excluding hydrogens is 913 g/mol. The number of benzene rings is 6. The van der Waals surface area contributed by atoms with E-state index in [2.05, 4.69) is 174 Å². The van der Waals surface area contributed by atoms with Crippen LogP contribution in [0.3, 0.4) is 0 Å². The zero-order valence-electron chi connectivity index (χ0n) is 43.8.